The van der Waals surface area contributed by atoms with Gasteiger partial charge in [0.1, 0.15) is 5.69 Å². The molecule has 0 aliphatic carbocycles. The van der Waals surface area contributed by atoms with Crippen LogP contribution in [-0.2, 0) is 4.74 Å². The van der Waals surface area contributed by atoms with Gasteiger partial charge in [-0.05, 0) is 50.1 Å². The number of esters is 1. The van der Waals surface area contributed by atoms with Gasteiger partial charge in [-0.25, -0.2) is 4.79 Å². The molecule has 152 valence electrons. The lowest BCUT2D eigenvalue weighted by Crippen LogP contribution is -2.38. The third-order valence-electron chi connectivity index (χ3n) is 5.86. The van der Waals surface area contributed by atoms with Crippen LogP contribution in [0.15, 0.2) is 42.6 Å². The molecule has 29 heavy (non-hydrogen) atoms. The van der Waals surface area contributed by atoms with E-state index < -0.39 is 0 Å². The van der Waals surface area contributed by atoms with E-state index in [9.17, 15) is 14.4 Å². The second-order valence-electron chi connectivity index (χ2n) is 7.53. The van der Waals surface area contributed by atoms with Crippen molar-refractivity contribution in [3.05, 3.63) is 59.4 Å². The summed E-state index contributed by atoms with van der Waals surface area (Å²) < 4.78 is 6.88. The van der Waals surface area contributed by atoms with E-state index in [1.54, 1.807) is 30.3 Å². The Bertz CT molecular complexity index is 893. The monoisotopic (exact) mass is 395 g/mol. The first kappa shape index (κ1) is 19.4. The number of amides is 2. The van der Waals surface area contributed by atoms with Crippen LogP contribution >= 0.6 is 0 Å². The molecule has 4 rings (SSSR count). The molecule has 0 saturated carbocycles. The number of carbonyl (C=O) groups excluding carboxylic acids is 3. The molecule has 7 nitrogen and oxygen atoms in total. The molecule has 1 saturated heterocycles. The molecule has 2 aromatic rings. The van der Waals surface area contributed by atoms with Gasteiger partial charge < -0.3 is 14.2 Å². The molecule has 2 aliphatic heterocycles. The number of fused-ring (bicyclic) bond motifs is 1. The van der Waals surface area contributed by atoms with Crippen LogP contribution in [0, 0.1) is 0 Å². The van der Waals surface area contributed by atoms with E-state index in [4.69, 9.17) is 4.74 Å². The molecule has 1 fully saturated rings. The number of benzene rings is 1. The van der Waals surface area contributed by atoms with Gasteiger partial charge in [0.15, 0.2) is 0 Å². The van der Waals surface area contributed by atoms with Crippen molar-refractivity contribution in [2.24, 2.45) is 0 Å². The Kier molecular flexibility index (Phi) is 5.49. The number of imide groups is 1. The SMILES string of the molecule is COC(=O)c1cccn1C1CCN(CCCN2C(=O)c3ccccc3C2=O)CC1. The number of hydrogen-bond acceptors (Lipinski definition) is 5. The highest BCUT2D eigenvalue weighted by Gasteiger charge is 2.34. The maximum Gasteiger partial charge on any atom is 0.354 e. The summed E-state index contributed by atoms with van der Waals surface area (Å²) in [6, 6.07) is 10.9. The van der Waals surface area contributed by atoms with Crippen molar-refractivity contribution in [1.82, 2.24) is 14.4 Å². The molecular formula is C22H25N3O4. The Morgan fingerprint density at radius 3 is 2.28 bits per heavy atom. The number of ether oxygens (including phenoxy) is 1. The van der Waals surface area contributed by atoms with Gasteiger partial charge in [-0.2, -0.15) is 0 Å². The van der Waals surface area contributed by atoms with Crippen LogP contribution in [0.1, 0.15) is 56.5 Å². The summed E-state index contributed by atoms with van der Waals surface area (Å²) in [6.07, 6.45) is 4.60. The van der Waals surface area contributed by atoms with Crippen LogP contribution < -0.4 is 0 Å². The van der Waals surface area contributed by atoms with E-state index in [0.717, 1.165) is 38.9 Å². The van der Waals surface area contributed by atoms with Crippen molar-refractivity contribution in [3.63, 3.8) is 0 Å². The van der Waals surface area contributed by atoms with Crippen LogP contribution in [0.25, 0.3) is 0 Å². The minimum absolute atomic E-state index is 0.188. The zero-order chi connectivity index (χ0) is 20.4. The van der Waals surface area contributed by atoms with Crippen molar-refractivity contribution >= 4 is 17.8 Å². The molecule has 0 spiro atoms. The van der Waals surface area contributed by atoms with E-state index >= 15 is 0 Å². The van der Waals surface area contributed by atoms with Crippen LogP contribution in [-0.4, -0.2) is 65.4 Å². The summed E-state index contributed by atoms with van der Waals surface area (Å²) in [5.74, 6) is -0.683. The highest BCUT2D eigenvalue weighted by atomic mass is 16.5. The lowest BCUT2D eigenvalue weighted by atomic mass is 10.0. The van der Waals surface area contributed by atoms with E-state index in [-0.39, 0.29) is 23.8 Å². The first-order valence-corrected chi connectivity index (χ1v) is 10.0. The topological polar surface area (TPSA) is 71.8 Å². The van der Waals surface area contributed by atoms with Gasteiger partial charge in [-0.15, -0.1) is 0 Å². The molecule has 7 heteroatoms. The van der Waals surface area contributed by atoms with Crippen LogP contribution in [0.2, 0.25) is 0 Å². The molecule has 1 aromatic carbocycles. The molecule has 0 radical (unpaired) electrons. The average Bonchev–Trinajstić information content (AvgIpc) is 3.33. The van der Waals surface area contributed by atoms with E-state index in [2.05, 4.69) is 4.90 Å². The molecule has 2 aliphatic rings. The fraction of sp³-hybridized carbons (Fsp3) is 0.409. The Morgan fingerprint density at radius 1 is 1.00 bits per heavy atom. The summed E-state index contributed by atoms with van der Waals surface area (Å²) >= 11 is 0. The standard InChI is InChI=1S/C22H25N3O4/c1-29-22(28)19-8-4-12-24(19)16-9-14-23(15-10-16)11-5-13-25-20(26)17-6-2-3-7-18(17)21(25)27/h2-4,6-8,12,16H,5,9-11,13-15H2,1H3. The number of nitrogens with zero attached hydrogens (tertiary/aromatic N) is 3. The smallest absolute Gasteiger partial charge is 0.354 e. The zero-order valence-corrected chi connectivity index (χ0v) is 16.5. The fourth-order valence-electron chi connectivity index (χ4n) is 4.31. The number of carbonyl (C=O) groups is 3. The van der Waals surface area contributed by atoms with Gasteiger partial charge in [0.05, 0.1) is 18.2 Å². The maximum atomic E-state index is 12.4. The van der Waals surface area contributed by atoms with Crippen molar-refractivity contribution in [2.75, 3.05) is 33.3 Å². The number of rotatable bonds is 6. The van der Waals surface area contributed by atoms with Gasteiger partial charge in [0.2, 0.25) is 0 Å². The number of aromatic nitrogens is 1. The number of methoxy groups -OCH3 is 1. The molecule has 0 unspecified atom stereocenters. The third kappa shape index (κ3) is 3.70. The highest BCUT2D eigenvalue weighted by Crippen LogP contribution is 2.26. The highest BCUT2D eigenvalue weighted by molar-refractivity contribution is 6.21. The van der Waals surface area contributed by atoms with Crippen LogP contribution in [0.5, 0.6) is 0 Å². The van der Waals surface area contributed by atoms with Crippen molar-refractivity contribution in [2.45, 2.75) is 25.3 Å². The molecule has 2 amide bonds. The third-order valence-corrected chi connectivity index (χ3v) is 5.86. The zero-order valence-electron chi connectivity index (χ0n) is 16.5. The number of likely N-dealkylation sites (tertiary alicyclic amines) is 1. The van der Waals surface area contributed by atoms with E-state index in [1.165, 1.54) is 12.0 Å². The molecular weight excluding hydrogens is 370 g/mol. The quantitative estimate of drug-likeness (QED) is 0.555. The van der Waals surface area contributed by atoms with Gasteiger partial charge in [0.25, 0.3) is 11.8 Å². The van der Waals surface area contributed by atoms with Gasteiger partial charge >= 0.3 is 5.97 Å². The summed E-state index contributed by atoms with van der Waals surface area (Å²) in [6.45, 7) is 3.13. The predicted molar refractivity (Wildman–Crippen MR) is 107 cm³/mol. The largest absolute Gasteiger partial charge is 0.464 e. The van der Waals surface area contributed by atoms with E-state index in [1.807, 2.05) is 16.8 Å². The Morgan fingerprint density at radius 2 is 1.66 bits per heavy atom. The molecule has 0 atom stereocenters. The molecule has 0 bridgehead atoms. The van der Waals surface area contributed by atoms with Crippen molar-refractivity contribution < 1.29 is 19.1 Å². The molecule has 0 N–H and O–H groups in total. The minimum atomic E-state index is -0.307. The average molecular weight is 395 g/mol. The summed E-state index contributed by atoms with van der Waals surface area (Å²) in [7, 11) is 1.40. The van der Waals surface area contributed by atoms with E-state index in [0.29, 0.717) is 23.4 Å². The minimum Gasteiger partial charge on any atom is -0.464 e. The molecule has 1 aromatic heterocycles. The first-order chi connectivity index (χ1) is 14.1. The van der Waals surface area contributed by atoms with Gasteiger partial charge in [-0.3, -0.25) is 14.5 Å². The Hall–Kier alpha value is -2.93. The second kappa shape index (κ2) is 8.21. The fourth-order valence-corrected chi connectivity index (χ4v) is 4.31. The lowest BCUT2D eigenvalue weighted by Gasteiger charge is -2.33. The first-order valence-electron chi connectivity index (χ1n) is 10.0. The van der Waals surface area contributed by atoms with Crippen molar-refractivity contribution in [3.8, 4) is 0 Å². The van der Waals surface area contributed by atoms with Crippen LogP contribution in [0.4, 0.5) is 0 Å². The number of piperidine rings is 1. The predicted octanol–water partition coefficient (Wildman–Crippen LogP) is 2.60. The lowest BCUT2D eigenvalue weighted by molar-refractivity contribution is 0.0577. The maximum absolute atomic E-state index is 12.4. The molecule has 3 heterocycles. The number of hydrogen-bond donors (Lipinski definition) is 0. The Balaban J connectivity index is 1.26. The van der Waals surface area contributed by atoms with Crippen molar-refractivity contribution in [1.29, 1.82) is 0 Å². The van der Waals surface area contributed by atoms with Gasteiger partial charge in [0, 0.05) is 31.9 Å². The Labute approximate surface area is 169 Å². The van der Waals surface area contributed by atoms with Gasteiger partial charge in [-0.1, -0.05) is 12.1 Å². The second-order valence-corrected chi connectivity index (χ2v) is 7.53. The summed E-state index contributed by atoms with van der Waals surface area (Å²) in [4.78, 5) is 40.5. The van der Waals surface area contributed by atoms with Crippen LogP contribution in [0.3, 0.4) is 0 Å². The summed E-state index contributed by atoms with van der Waals surface area (Å²) in [5, 5.41) is 0. The summed E-state index contributed by atoms with van der Waals surface area (Å²) in [5.41, 5.74) is 1.61. The normalized spacial score (nSPS) is 17.6.